The van der Waals surface area contributed by atoms with E-state index in [-0.39, 0.29) is 0 Å². The second-order valence-corrected chi connectivity index (χ2v) is 8.16. The normalized spacial score (nSPS) is 35.4. The molecule has 3 unspecified atom stereocenters. The lowest BCUT2D eigenvalue weighted by Crippen LogP contribution is -2.57. The highest BCUT2D eigenvalue weighted by atomic mass is 32.2. The van der Waals surface area contributed by atoms with Gasteiger partial charge in [-0.25, -0.2) is 12.7 Å². The highest BCUT2D eigenvalue weighted by Gasteiger charge is 2.31. The van der Waals surface area contributed by atoms with E-state index in [1.165, 1.54) is 6.26 Å². The molecule has 0 amide bonds. The molecule has 0 bridgehead atoms. The third kappa shape index (κ3) is 3.90. The van der Waals surface area contributed by atoms with Gasteiger partial charge in [-0.2, -0.15) is 0 Å². The average molecular weight is 289 g/mol. The summed E-state index contributed by atoms with van der Waals surface area (Å²) in [5.41, 5.74) is 0. The van der Waals surface area contributed by atoms with E-state index in [0.29, 0.717) is 31.1 Å². The molecular weight excluding hydrogens is 262 g/mol. The predicted octanol–water partition coefficient (Wildman–Crippen LogP) is 0.340. The minimum atomic E-state index is -3.02. The number of nitrogens with zero attached hydrogens (tertiary/aromatic N) is 2. The first-order valence-corrected chi connectivity index (χ1v) is 9.14. The van der Waals surface area contributed by atoms with Gasteiger partial charge < -0.3 is 5.32 Å². The lowest BCUT2D eigenvalue weighted by Gasteiger charge is -2.43. The first-order valence-electron chi connectivity index (χ1n) is 7.29. The van der Waals surface area contributed by atoms with Crippen molar-refractivity contribution in [1.82, 2.24) is 14.5 Å². The van der Waals surface area contributed by atoms with Crippen molar-refractivity contribution in [3.8, 4) is 0 Å². The molecular formula is C13H27N3O2S. The van der Waals surface area contributed by atoms with E-state index in [9.17, 15) is 8.42 Å². The number of rotatable bonds is 3. The van der Waals surface area contributed by atoms with Crippen LogP contribution in [0.2, 0.25) is 0 Å². The Hall–Kier alpha value is -0.170. The molecule has 0 radical (unpaired) electrons. The van der Waals surface area contributed by atoms with E-state index in [0.717, 1.165) is 32.5 Å². The monoisotopic (exact) mass is 289 g/mol. The summed E-state index contributed by atoms with van der Waals surface area (Å²) in [6.07, 6.45) is 3.47. The van der Waals surface area contributed by atoms with Gasteiger partial charge in [0.2, 0.25) is 10.0 Å². The fourth-order valence-electron chi connectivity index (χ4n) is 3.31. The van der Waals surface area contributed by atoms with Gasteiger partial charge in [0.05, 0.1) is 6.26 Å². The molecule has 6 heteroatoms. The summed E-state index contributed by atoms with van der Waals surface area (Å²) in [7, 11) is -3.02. The molecule has 2 aliphatic heterocycles. The number of piperidine rings is 1. The van der Waals surface area contributed by atoms with E-state index in [4.69, 9.17) is 0 Å². The molecule has 2 rings (SSSR count). The summed E-state index contributed by atoms with van der Waals surface area (Å²) in [5, 5.41) is 3.44. The largest absolute Gasteiger partial charge is 0.314 e. The molecule has 3 atom stereocenters. The first-order chi connectivity index (χ1) is 8.88. The summed E-state index contributed by atoms with van der Waals surface area (Å²) in [6, 6.07) is 1.08. The Morgan fingerprint density at radius 3 is 2.42 bits per heavy atom. The number of sulfonamides is 1. The zero-order chi connectivity index (χ0) is 14.0. The summed E-state index contributed by atoms with van der Waals surface area (Å²) in [6.45, 7) is 8.99. The lowest BCUT2D eigenvalue weighted by atomic mass is 9.97. The van der Waals surface area contributed by atoms with Crippen LogP contribution in [0.5, 0.6) is 0 Å². The van der Waals surface area contributed by atoms with Gasteiger partial charge >= 0.3 is 0 Å². The zero-order valence-corrected chi connectivity index (χ0v) is 13.1. The minimum absolute atomic E-state index is 0.478. The molecule has 0 spiro atoms. The number of piperazine rings is 1. The van der Waals surface area contributed by atoms with Gasteiger partial charge in [0.25, 0.3) is 0 Å². The summed E-state index contributed by atoms with van der Waals surface area (Å²) < 4.78 is 25.0. The van der Waals surface area contributed by atoms with Crippen LogP contribution in [-0.4, -0.2) is 68.7 Å². The van der Waals surface area contributed by atoms with Crippen LogP contribution >= 0.6 is 0 Å². The molecule has 2 aliphatic rings. The third-order valence-corrected chi connectivity index (χ3v) is 5.70. The SMILES string of the molecule is CC1CNCC(C)N1CC1CCCN(S(C)(=O)=O)C1. The molecule has 0 aliphatic carbocycles. The van der Waals surface area contributed by atoms with Crippen LogP contribution in [-0.2, 0) is 10.0 Å². The van der Waals surface area contributed by atoms with Crippen molar-refractivity contribution >= 4 is 10.0 Å². The first kappa shape index (κ1) is 15.2. The van der Waals surface area contributed by atoms with E-state index in [2.05, 4.69) is 24.1 Å². The summed E-state index contributed by atoms with van der Waals surface area (Å²) in [4.78, 5) is 2.53. The average Bonchev–Trinajstić information content (AvgIpc) is 2.33. The quantitative estimate of drug-likeness (QED) is 0.814. The van der Waals surface area contributed by atoms with E-state index in [1.54, 1.807) is 4.31 Å². The van der Waals surface area contributed by atoms with Gasteiger partial charge in [-0.1, -0.05) is 0 Å². The number of hydrogen-bond acceptors (Lipinski definition) is 4. The fraction of sp³-hybridized carbons (Fsp3) is 1.00. The molecule has 2 heterocycles. The van der Waals surface area contributed by atoms with Crippen molar-refractivity contribution in [2.24, 2.45) is 5.92 Å². The van der Waals surface area contributed by atoms with Gasteiger partial charge in [-0.3, -0.25) is 4.90 Å². The zero-order valence-electron chi connectivity index (χ0n) is 12.3. The van der Waals surface area contributed by atoms with Gasteiger partial charge in [-0.05, 0) is 32.6 Å². The van der Waals surface area contributed by atoms with Crippen LogP contribution in [0.15, 0.2) is 0 Å². The van der Waals surface area contributed by atoms with Crippen LogP contribution in [0.4, 0.5) is 0 Å². The molecule has 2 saturated heterocycles. The van der Waals surface area contributed by atoms with E-state index >= 15 is 0 Å². The maximum absolute atomic E-state index is 11.7. The lowest BCUT2D eigenvalue weighted by molar-refractivity contribution is 0.0815. The highest BCUT2D eigenvalue weighted by Crippen LogP contribution is 2.22. The Morgan fingerprint density at radius 2 is 1.84 bits per heavy atom. The number of hydrogen-bond donors (Lipinski definition) is 1. The Bertz CT molecular complexity index is 389. The van der Waals surface area contributed by atoms with Crippen LogP contribution in [0, 0.1) is 5.92 Å². The number of nitrogens with one attached hydrogen (secondary N) is 1. The van der Waals surface area contributed by atoms with Crippen molar-refractivity contribution in [1.29, 1.82) is 0 Å². The Morgan fingerprint density at radius 1 is 1.21 bits per heavy atom. The van der Waals surface area contributed by atoms with E-state index in [1.807, 2.05) is 0 Å². The van der Waals surface area contributed by atoms with Gasteiger partial charge in [0.15, 0.2) is 0 Å². The van der Waals surface area contributed by atoms with Crippen molar-refractivity contribution in [2.45, 2.75) is 38.8 Å². The smallest absolute Gasteiger partial charge is 0.211 e. The molecule has 2 fully saturated rings. The van der Waals surface area contributed by atoms with Crippen LogP contribution < -0.4 is 5.32 Å². The Kier molecular flexibility index (Phi) is 4.87. The topological polar surface area (TPSA) is 52.6 Å². The molecule has 112 valence electrons. The molecule has 1 N–H and O–H groups in total. The van der Waals surface area contributed by atoms with Crippen LogP contribution in [0.3, 0.4) is 0 Å². The highest BCUT2D eigenvalue weighted by molar-refractivity contribution is 7.88. The molecule has 0 aromatic heterocycles. The Labute approximate surface area is 117 Å². The van der Waals surface area contributed by atoms with Crippen molar-refractivity contribution in [3.05, 3.63) is 0 Å². The van der Waals surface area contributed by atoms with Crippen molar-refractivity contribution in [3.63, 3.8) is 0 Å². The second kappa shape index (κ2) is 6.08. The second-order valence-electron chi connectivity index (χ2n) is 6.18. The van der Waals surface area contributed by atoms with Crippen molar-refractivity contribution < 1.29 is 8.42 Å². The summed E-state index contributed by atoms with van der Waals surface area (Å²) in [5.74, 6) is 0.478. The maximum atomic E-state index is 11.7. The molecule has 0 saturated carbocycles. The van der Waals surface area contributed by atoms with Crippen molar-refractivity contribution in [2.75, 3.05) is 39.0 Å². The molecule has 0 aromatic carbocycles. The maximum Gasteiger partial charge on any atom is 0.211 e. The predicted molar refractivity (Wildman–Crippen MR) is 77.6 cm³/mol. The van der Waals surface area contributed by atoms with Gasteiger partial charge in [-0.15, -0.1) is 0 Å². The standard InChI is InChI=1S/C13H27N3O2S/c1-11-7-14-8-12(2)16(11)10-13-5-4-6-15(9-13)19(3,17)18/h11-14H,4-10H2,1-3H3. The Balaban J connectivity index is 1.95. The molecule has 5 nitrogen and oxygen atoms in total. The molecule has 19 heavy (non-hydrogen) atoms. The fourth-order valence-corrected chi connectivity index (χ4v) is 4.25. The van der Waals surface area contributed by atoms with Gasteiger partial charge in [0, 0.05) is 44.8 Å². The minimum Gasteiger partial charge on any atom is -0.314 e. The summed E-state index contributed by atoms with van der Waals surface area (Å²) >= 11 is 0. The van der Waals surface area contributed by atoms with Crippen LogP contribution in [0.25, 0.3) is 0 Å². The van der Waals surface area contributed by atoms with Gasteiger partial charge in [0.1, 0.15) is 0 Å². The molecule has 0 aromatic rings. The third-order valence-electron chi connectivity index (χ3n) is 4.43. The van der Waals surface area contributed by atoms with Crippen LogP contribution in [0.1, 0.15) is 26.7 Å². The van der Waals surface area contributed by atoms with E-state index < -0.39 is 10.0 Å².